The molecule has 34 heavy (non-hydrogen) atoms. The van der Waals surface area contributed by atoms with E-state index in [1.165, 1.54) is 0 Å². The molecule has 0 aliphatic carbocycles. The number of carbonyl (C=O) groups excluding carboxylic acids is 1. The minimum atomic E-state index is -0.909. The van der Waals surface area contributed by atoms with Gasteiger partial charge in [0, 0.05) is 26.4 Å². The molecule has 1 aromatic heterocycles. The van der Waals surface area contributed by atoms with Crippen LogP contribution >= 0.6 is 0 Å². The Hall–Kier alpha value is -2.86. The van der Waals surface area contributed by atoms with E-state index in [-0.39, 0.29) is 18.1 Å². The second-order valence-corrected chi connectivity index (χ2v) is 10.7. The first kappa shape index (κ1) is 24.3. The molecule has 6 nitrogen and oxygen atoms in total. The topological polar surface area (TPSA) is 67.6 Å². The van der Waals surface area contributed by atoms with Crippen LogP contribution in [0.15, 0.2) is 42.5 Å². The smallest absolute Gasteiger partial charge is 0.410 e. The number of amides is 1. The minimum absolute atomic E-state index is 0.112. The lowest BCUT2D eigenvalue weighted by atomic mass is 9.77. The van der Waals surface area contributed by atoms with Crippen LogP contribution in [0, 0.1) is 12.8 Å². The number of hydrogen-bond donors (Lipinski definition) is 1. The Morgan fingerprint density at radius 2 is 1.88 bits per heavy atom. The van der Waals surface area contributed by atoms with E-state index in [0.29, 0.717) is 19.4 Å². The van der Waals surface area contributed by atoms with Gasteiger partial charge in [-0.15, -0.1) is 0 Å². The largest absolute Gasteiger partial charge is 0.442 e. The highest BCUT2D eigenvalue weighted by atomic mass is 16.6. The molecule has 2 unspecified atom stereocenters. The van der Waals surface area contributed by atoms with Crippen molar-refractivity contribution in [2.24, 2.45) is 13.0 Å². The Morgan fingerprint density at radius 1 is 1.18 bits per heavy atom. The zero-order chi connectivity index (χ0) is 24.8. The van der Waals surface area contributed by atoms with Gasteiger partial charge < -0.3 is 19.3 Å². The van der Waals surface area contributed by atoms with E-state index in [9.17, 15) is 9.90 Å². The minimum Gasteiger partial charge on any atom is -0.442 e. The van der Waals surface area contributed by atoms with Gasteiger partial charge >= 0.3 is 6.09 Å². The van der Waals surface area contributed by atoms with Crippen LogP contribution < -0.4 is 0 Å². The SMILES string of the molecule is Cc1nc2cc(-c3ccccc3C(C)N3CCC(CC(C)(C)O)(C(C)C)OC3=O)ccc2n1C. The van der Waals surface area contributed by atoms with Crippen LogP contribution in [-0.4, -0.2) is 43.4 Å². The summed E-state index contributed by atoms with van der Waals surface area (Å²) < 4.78 is 8.19. The number of aliphatic hydroxyl groups is 1. The summed E-state index contributed by atoms with van der Waals surface area (Å²) >= 11 is 0. The third kappa shape index (κ3) is 4.43. The first-order chi connectivity index (χ1) is 15.9. The van der Waals surface area contributed by atoms with Crippen LogP contribution in [0.5, 0.6) is 0 Å². The maximum atomic E-state index is 13.3. The van der Waals surface area contributed by atoms with Crippen LogP contribution in [0.1, 0.15) is 64.9 Å². The molecule has 0 spiro atoms. The van der Waals surface area contributed by atoms with Gasteiger partial charge in [-0.25, -0.2) is 9.78 Å². The number of nitrogens with zero attached hydrogens (tertiary/aromatic N) is 3. The molecule has 0 radical (unpaired) electrons. The summed E-state index contributed by atoms with van der Waals surface area (Å²) in [7, 11) is 2.03. The Labute approximate surface area is 202 Å². The molecular formula is C28H37N3O3. The van der Waals surface area contributed by atoms with E-state index in [1.54, 1.807) is 13.8 Å². The summed E-state index contributed by atoms with van der Waals surface area (Å²) in [6.45, 7) is 12.3. The molecule has 1 aliphatic heterocycles. The van der Waals surface area contributed by atoms with Crippen LogP contribution in [0.2, 0.25) is 0 Å². The highest BCUT2D eigenvalue weighted by Gasteiger charge is 2.47. The highest BCUT2D eigenvalue weighted by Crippen LogP contribution is 2.41. The van der Waals surface area contributed by atoms with Gasteiger partial charge in [0.25, 0.3) is 0 Å². The van der Waals surface area contributed by atoms with Crippen molar-refractivity contribution in [3.05, 3.63) is 53.9 Å². The lowest BCUT2D eigenvalue weighted by molar-refractivity contribution is -0.119. The van der Waals surface area contributed by atoms with Gasteiger partial charge in [-0.3, -0.25) is 0 Å². The van der Waals surface area contributed by atoms with E-state index in [2.05, 4.69) is 55.7 Å². The molecule has 2 aromatic carbocycles. The zero-order valence-corrected chi connectivity index (χ0v) is 21.4. The van der Waals surface area contributed by atoms with Gasteiger partial charge in [0.2, 0.25) is 0 Å². The van der Waals surface area contributed by atoms with Gasteiger partial charge in [0.15, 0.2) is 0 Å². The summed E-state index contributed by atoms with van der Waals surface area (Å²) in [5.74, 6) is 1.09. The van der Waals surface area contributed by atoms with Crippen molar-refractivity contribution in [1.82, 2.24) is 14.5 Å². The maximum absolute atomic E-state index is 13.3. The van der Waals surface area contributed by atoms with E-state index in [4.69, 9.17) is 9.72 Å². The summed E-state index contributed by atoms with van der Waals surface area (Å²) in [5, 5.41) is 10.5. The van der Waals surface area contributed by atoms with Crippen molar-refractivity contribution >= 4 is 17.1 Å². The van der Waals surface area contributed by atoms with Gasteiger partial charge in [-0.1, -0.05) is 44.2 Å². The van der Waals surface area contributed by atoms with Crippen molar-refractivity contribution in [3.63, 3.8) is 0 Å². The van der Waals surface area contributed by atoms with Crippen LogP contribution in [0.25, 0.3) is 22.2 Å². The van der Waals surface area contributed by atoms with Crippen molar-refractivity contribution < 1.29 is 14.6 Å². The number of aromatic nitrogens is 2. The Bertz CT molecular complexity index is 1210. The molecule has 3 aromatic rings. The van der Waals surface area contributed by atoms with E-state index >= 15 is 0 Å². The predicted molar refractivity (Wildman–Crippen MR) is 136 cm³/mol. The molecule has 4 rings (SSSR count). The van der Waals surface area contributed by atoms with Gasteiger partial charge in [-0.05, 0) is 62.4 Å². The van der Waals surface area contributed by atoms with Gasteiger partial charge in [-0.2, -0.15) is 0 Å². The number of cyclic esters (lactones) is 1. The fraction of sp³-hybridized carbons (Fsp3) is 0.500. The third-order valence-electron chi connectivity index (χ3n) is 7.38. The normalized spacial score (nSPS) is 20.1. The summed E-state index contributed by atoms with van der Waals surface area (Å²) in [6, 6.07) is 14.4. The van der Waals surface area contributed by atoms with Crippen molar-refractivity contribution in [2.45, 2.75) is 71.6 Å². The third-order valence-corrected chi connectivity index (χ3v) is 7.38. The van der Waals surface area contributed by atoms with Crippen molar-refractivity contribution in [2.75, 3.05) is 6.54 Å². The molecule has 1 N–H and O–H groups in total. The Kier molecular flexibility index (Phi) is 6.23. The van der Waals surface area contributed by atoms with E-state index in [0.717, 1.165) is 33.5 Å². The average molecular weight is 464 g/mol. The standard InChI is InChI=1S/C28H37N3O3/c1-18(2)28(17-27(5,6)33)14-15-31(26(32)34-28)19(3)22-10-8-9-11-23(22)21-12-13-25-24(16-21)29-20(4)30(25)7/h8-13,16,18-19,33H,14-15,17H2,1-7H3. The summed E-state index contributed by atoms with van der Waals surface area (Å²) in [4.78, 5) is 19.8. The predicted octanol–water partition coefficient (Wildman–Crippen LogP) is 6.01. The van der Waals surface area contributed by atoms with Crippen LogP contribution in [0.4, 0.5) is 4.79 Å². The number of carbonyl (C=O) groups is 1. The molecular weight excluding hydrogens is 426 g/mol. The lowest BCUT2D eigenvalue weighted by Crippen LogP contribution is -2.55. The first-order valence-electron chi connectivity index (χ1n) is 12.2. The molecule has 0 bridgehead atoms. The number of benzene rings is 2. The quantitative estimate of drug-likeness (QED) is 0.486. The first-order valence-corrected chi connectivity index (χ1v) is 12.2. The fourth-order valence-electron chi connectivity index (χ4n) is 5.28. The molecule has 2 atom stereocenters. The lowest BCUT2D eigenvalue weighted by Gasteiger charge is -2.47. The molecule has 182 valence electrons. The second-order valence-electron chi connectivity index (χ2n) is 10.7. The summed E-state index contributed by atoms with van der Waals surface area (Å²) in [5.41, 5.74) is 3.74. The number of ether oxygens (including phenoxy) is 1. The number of hydrogen-bond acceptors (Lipinski definition) is 4. The number of rotatable bonds is 6. The molecule has 1 saturated heterocycles. The average Bonchev–Trinajstić information content (AvgIpc) is 3.05. The van der Waals surface area contributed by atoms with Crippen molar-refractivity contribution in [3.8, 4) is 11.1 Å². The van der Waals surface area contributed by atoms with Crippen LogP contribution in [-0.2, 0) is 11.8 Å². The fourth-order valence-corrected chi connectivity index (χ4v) is 5.28. The molecule has 1 amide bonds. The molecule has 1 fully saturated rings. The van der Waals surface area contributed by atoms with E-state index in [1.807, 2.05) is 31.0 Å². The van der Waals surface area contributed by atoms with Crippen molar-refractivity contribution in [1.29, 1.82) is 0 Å². The zero-order valence-electron chi connectivity index (χ0n) is 21.4. The maximum Gasteiger partial charge on any atom is 0.410 e. The van der Waals surface area contributed by atoms with Gasteiger partial charge in [0.05, 0.1) is 22.7 Å². The number of imidazole rings is 1. The van der Waals surface area contributed by atoms with Gasteiger partial charge in [0.1, 0.15) is 11.4 Å². The second kappa shape index (κ2) is 8.73. The highest BCUT2D eigenvalue weighted by molar-refractivity contribution is 5.83. The molecule has 2 heterocycles. The molecule has 0 saturated carbocycles. The molecule has 1 aliphatic rings. The van der Waals surface area contributed by atoms with E-state index < -0.39 is 11.2 Å². The Morgan fingerprint density at radius 3 is 2.53 bits per heavy atom. The van der Waals surface area contributed by atoms with Crippen LogP contribution in [0.3, 0.4) is 0 Å². The number of fused-ring (bicyclic) bond motifs is 1. The monoisotopic (exact) mass is 463 g/mol. The number of aryl methyl sites for hydroxylation is 2. The molecule has 6 heteroatoms. The Balaban J connectivity index is 1.64. The summed E-state index contributed by atoms with van der Waals surface area (Å²) in [6.07, 6.45) is 0.792.